The zero-order valence-corrected chi connectivity index (χ0v) is 16.6. The number of halogens is 1. The van der Waals surface area contributed by atoms with Gasteiger partial charge in [0.25, 0.3) is 10.0 Å². The molecule has 0 radical (unpaired) electrons. The Balaban J connectivity index is 3.48. The summed E-state index contributed by atoms with van der Waals surface area (Å²) >= 11 is 5.44. The number of carbonyl (C=O) groups excluding carboxylic acids is 1. The van der Waals surface area contributed by atoms with E-state index in [1.54, 1.807) is 20.2 Å². The van der Waals surface area contributed by atoms with Crippen molar-refractivity contribution in [1.82, 2.24) is 10.2 Å². The molecule has 0 aliphatic rings. The van der Waals surface area contributed by atoms with Gasteiger partial charge in [0, 0.05) is 26.2 Å². The highest BCUT2D eigenvalue weighted by Crippen LogP contribution is 2.34. The van der Waals surface area contributed by atoms with Crippen molar-refractivity contribution in [3.05, 3.63) is 23.3 Å². The van der Waals surface area contributed by atoms with E-state index in [0.29, 0.717) is 5.56 Å². The number of amides is 1. The van der Waals surface area contributed by atoms with Crippen LogP contribution >= 0.6 is 11.6 Å². The molecule has 0 saturated heterocycles. The van der Waals surface area contributed by atoms with Crippen LogP contribution in [-0.2, 0) is 26.8 Å². The second-order valence-corrected chi connectivity index (χ2v) is 8.67. The third-order valence-corrected chi connectivity index (χ3v) is 4.79. The van der Waals surface area contributed by atoms with Crippen molar-refractivity contribution in [3.8, 4) is 5.75 Å². The molecule has 1 rings (SSSR count). The molecular weight excluding hydrogens is 366 g/mol. The smallest absolute Gasteiger partial charge is 0.287 e. The van der Waals surface area contributed by atoms with Crippen molar-refractivity contribution in [2.45, 2.75) is 37.6 Å². The number of rotatable bonds is 6. The van der Waals surface area contributed by atoms with Gasteiger partial charge >= 0.3 is 0 Å². The monoisotopic (exact) mass is 389 g/mol. The fourth-order valence-electron chi connectivity index (χ4n) is 1.88. The number of phenols is 1. The van der Waals surface area contributed by atoms with E-state index in [9.17, 15) is 18.3 Å². The van der Waals surface area contributed by atoms with Gasteiger partial charge in [-0.3, -0.25) is 4.79 Å². The highest BCUT2D eigenvalue weighted by Gasteiger charge is 2.25. The molecule has 0 aliphatic carbocycles. The highest BCUT2D eigenvalue weighted by molar-refractivity contribution is 7.90. The van der Waals surface area contributed by atoms with Crippen LogP contribution in [0.2, 0.25) is 0 Å². The fourth-order valence-corrected chi connectivity index (χ4v) is 3.06. The number of carbonyl (C=O) groups is 1. The minimum Gasteiger partial charge on any atom is -0.506 e. The lowest BCUT2D eigenvalue weighted by Crippen LogP contribution is -2.24. The molecular formula is C16H24ClN3O4S. The molecule has 9 heteroatoms. The molecule has 1 aromatic carbocycles. The predicted molar refractivity (Wildman–Crippen MR) is 98.7 cm³/mol. The van der Waals surface area contributed by atoms with Crippen LogP contribution in [-0.4, -0.2) is 50.6 Å². The quantitative estimate of drug-likeness (QED) is 0.439. The second-order valence-electron chi connectivity index (χ2n) is 6.80. The molecule has 7 nitrogen and oxygen atoms in total. The van der Waals surface area contributed by atoms with Gasteiger partial charge in [-0.25, -0.2) is 0 Å². The van der Waals surface area contributed by atoms with Crippen molar-refractivity contribution in [2.24, 2.45) is 4.40 Å². The average Bonchev–Trinajstić information content (AvgIpc) is 2.50. The molecule has 0 unspecified atom stereocenters. The van der Waals surface area contributed by atoms with Crippen LogP contribution in [0.15, 0.2) is 21.4 Å². The van der Waals surface area contributed by atoms with Crippen LogP contribution in [0, 0.1) is 0 Å². The summed E-state index contributed by atoms with van der Waals surface area (Å²) in [6.07, 6.45) is 1.15. The minimum absolute atomic E-state index is 0.0405. The van der Waals surface area contributed by atoms with Crippen LogP contribution in [0.4, 0.5) is 0 Å². The number of nitrogens with one attached hydrogen (secondary N) is 1. The summed E-state index contributed by atoms with van der Waals surface area (Å²) in [5.74, 6) is -1.08. The van der Waals surface area contributed by atoms with Gasteiger partial charge in [-0.1, -0.05) is 20.8 Å². The lowest BCUT2D eigenvalue weighted by Gasteiger charge is -2.22. The van der Waals surface area contributed by atoms with E-state index in [4.69, 9.17) is 11.6 Å². The topological polar surface area (TPSA) is 99.1 Å². The summed E-state index contributed by atoms with van der Waals surface area (Å²) in [6.45, 7) is 5.71. The van der Waals surface area contributed by atoms with Gasteiger partial charge in [0.1, 0.15) is 22.9 Å². The SMILES string of the molecule is CN(C)C=NS(=O)(=O)c1cc(C(C)(C)C)cc(CNC(=O)CCl)c1O. The summed E-state index contributed by atoms with van der Waals surface area (Å²) in [7, 11) is -0.823. The summed E-state index contributed by atoms with van der Waals surface area (Å²) in [6, 6.07) is 3.07. The maximum Gasteiger partial charge on any atom is 0.287 e. The molecule has 0 saturated carbocycles. The van der Waals surface area contributed by atoms with Gasteiger partial charge in [-0.05, 0) is 23.1 Å². The van der Waals surface area contributed by atoms with E-state index in [2.05, 4.69) is 9.71 Å². The Bertz CT molecular complexity index is 768. The molecule has 0 aliphatic heterocycles. The predicted octanol–water partition coefficient (Wildman–Crippen LogP) is 1.82. The van der Waals surface area contributed by atoms with Gasteiger partial charge in [0.05, 0.1) is 0 Å². The third kappa shape index (κ3) is 5.89. The first-order valence-electron chi connectivity index (χ1n) is 7.54. The molecule has 1 amide bonds. The Kier molecular flexibility index (Phi) is 6.84. The molecule has 2 N–H and O–H groups in total. The number of sulfonamides is 1. The van der Waals surface area contributed by atoms with E-state index < -0.39 is 21.7 Å². The second kappa shape index (κ2) is 8.05. The first-order valence-corrected chi connectivity index (χ1v) is 9.52. The average molecular weight is 390 g/mol. The molecule has 0 atom stereocenters. The molecule has 0 bridgehead atoms. The lowest BCUT2D eigenvalue weighted by atomic mass is 9.86. The number of benzene rings is 1. The van der Waals surface area contributed by atoms with Gasteiger partial charge < -0.3 is 15.3 Å². The van der Waals surface area contributed by atoms with Crippen LogP contribution in [0.3, 0.4) is 0 Å². The zero-order valence-electron chi connectivity index (χ0n) is 15.0. The maximum absolute atomic E-state index is 12.5. The van der Waals surface area contributed by atoms with Crippen molar-refractivity contribution < 1.29 is 18.3 Å². The Morgan fingerprint density at radius 2 is 1.96 bits per heavy atom. The largest absolute Gasteiger partial charge is 0.506 e. The van der Waals surface area contributed by atoms with Crippen LogP contribution < -0.4 is 5.32 Å². The molecule has 140 valence electrons. The third-order valence-electron chi connectivity index (χ3n) is 3.31. The highest BCUT2D eigenvalue weighted by atomic mass is 35.5. The molecule has 0 spiro atoms. The minimum atomic E-state index is -4.10. The van der Waals surface area contributed by atoms with Gasteiger partial charge in [0.2, 0.25) is 5.91 Å². The fraction of sp³-hybridized carbons (Fsp3) is 0.500. The maximum atomic E-state index is 12.5. The Hall–Kier alpha value is -1.80. The van der Waals surface area contributed by atoms with Crippen LogP contribution in [0.1, 0.15) is 31.9 Å². The van der Waals surface area contributed by atoms with E-state index in [1.165, 1.54) is 11.0 Å². The number of nitrogens with zero attached hydrogens (tertiary/aromatic N) is 2. The van der Waals surface area contributed by atoms with Gasteiger partial charge in [-0.2, -0.15) is 8.42 Å². The van der Waals surface area contributed by atoms with Crippen molar-refractivity contribution in [2.75, 3.05) is 20.0 Å². The molecule has 1 aromatic rings. The van der Waals surface area contributed by atoms with Crippen molar-refractivity contribution >= 4 is 33.9 Å². The number of aromatic hydroxyl groups is 1. The Morgan fingerprint density at radius 1 is 1.36 bits per heavy atom. The van der Waals surface area contributed by atoms with Crippen LogP contribution in [0.5, 0.6) is 5.75 Å². The normalized spacial score (nSPS) is 12.4. The van der Waals surface area contributed by atoms with E-state index >= 15 is 0 Å². The number of phenolic OH excluding ortho intramolecular Hbond substituents is 1. The number of alkyl halides is 1. The Morgan fingerprint density at radius 3 is 2.44 bits per heavy atom. The summed E-state index contributed by atoms with van der Waals surface area (Å²) in [5.41, 5.74) is 0.609. The van der Waals surface area contributed by atoms with Gasteiger partial charge in [-0.15, -0.1) is 16.0 Å². The number of hydrogen-bond acceptors (Lipinski definition) is 4. The summed E-state index contributed by atoms with van der Waals surface area (Å²) in [4.78, 5) is 12.5. The first kappa shape index (κ1) is 21.2. The van der Waals surface area contributed by atoms with E-state index in [0.717, 1.165) is 6.34 Å². The Labute approximate surface area is 153 Å². The molecule has 0 aromatic heterocycles. The molecule has 0 heterocycles. The zero-order chi connectivity index (χ0) is 19.4. The van der Waals surface area contributed by atoms with Crippen LogP contribution in [0.25, 0.3) is 0 Å². The molecule has 25 heavy (non-hydrogen) atoms. The first-order chi connectivity index (χ1) is 11.4. The standard InChI is InChI=1S/C16H24ClN3O4S/c1-16(2,3)12-6-11(9-18-14(21)8-17)15(22)13(7-12)25(23,24)19-10-20(4)5/h6-7,10,22H,8-9H2,1-5H3,(H,18,21). The lowest BCUT2D eigenvalue weighted by molar-refractivity contribution is -0.118. The summed E-state index contributed by atoms with van der Waals surface area (Å²) in [5, 5.41) is 12.9. The molecule has 0 fully saturated rings. The van der Waals surface area contributed by atoms with Crippen molar-refractivity contribution in [3.63, 3.8) is 0 Å². The summed E-state index contributed by atoms with van der Waals surface area (Å²) < 4.78 is 28.5. The van der Waals surface area contributed by atoms with E-state index in [-0.39, 0.29) is 28.3 Å². The van der Waals surface area contributed by atoms with Gasteiger partial charge in [0.15, 0.2) is 0 Å². The van der Waals surface area contributed by atoms with Crippen molar-refractivity contribution in [1.29, 1.82) is 0 Å². The van der Waals surface area contributed by atoms with E-state index in [1.807, 2.05) is 20.8 Å². The number of hydrogen-bond donors (Lipinski definition) is 2.